The lowest BCUT2D eigenvalue weighted by Crippen LogP contribution is -2.37. The van der Waals surface area contributed by atoms with E-state index >= 15 is 0 Å². The fraction of sp³-hybridized carbons (Fsp3) is 0.238. The van der Waals surface area contributed by atoms with Gasteiger partial charge < -0.3 is 4.90 Å². The summed E-state index contributed by atoms with van der Waals surface area (Å²) < 4.78 is 27.6. The Kier molecular flexibility index (Phi) is 4.48. The van der Waals surface area contributed by atoms with E-state index in [9.17, 15) is 18.4 Å². The van der Waals surface area contributed by atoms with E-state index in [4.69, 9.17) is 0 Å². The summed E-state index contributed by atoms with van der Waals surface area (Å²) in [6.45, 7) is 1.34. The molecule has 0 saturated carbocycles. The summed E-state index contributed by atoms with van der Waals surface area (Å²) in [6.07, 6.45) is 2.93. The van der Waals surface area contributed by atoms with Crippen molar-refractivity contribution in [3.8, 4) is 0 Å². The second-order valence-corrected chi connectivity index (χ2v) is 6.68. The molecule has 4 nitrogen and oxygen atoms in total. The van der Waals surface area contributed by atoms with Gasteiger partial charge in [-0.3, -0.25) is 9.59 Å². The molecule has 2 amide bonds. The van der Waals surface area contributed by atoms with E-state index in [2.05, 4.69) is 0 Å². The maximum Gasteiger partial charge on any atom is 0.282 e. The summed E-state index contributed by atoms with van der Waals surface area (Å²) in [5.41, 5.74) is 0.953. The molecular formula is C21H18F2N2O2. The Balaban J connectivity index is 1.84. The van der Waals surface area contributed by atoms with Crippen molar-refractivity contribution in [2.75, 3.05) is 18.0 Å². The second-order valence-electron chi connectivity index (χ2n) is 6.68. The summed E-state index contributed by atoms with van der Waals surface area (Å²) in [7, 11) is 0. The Morgan fingerprint density at radius 3 is 2.19 bits per heavy atom. The number of likely N-dealkylation sites (tertiary alicyclic amines) is 1. The van der Waals surface area contributed by atoms with Crippen LogP contribution in [0, 0.1) is 11.6 Å². The van der Waals surface area contributed by atoms with Gasteiger partial charge in [-0.25, -0.2) is 13.7 Å². The summed E-state index contributed by atoms with van der Waals surface area (Å²) in [6, 6.07) is 11.8. The molecule has 0 aromatic heterocycles. The average Bonchev–Trinajstić information content (AvgIpc) is 2.94. The monoisotopic (exact) mass is 368 g/mol. The molecule has 1 saturated heterocycles. The van der Waals surface area contributed by atoms with Crippen LogP contribution in [0.5, 0.6) is 0 Å². The first-order valence-corrected chi connectivity index (χ1v) is 8.96. The number of carbonyl (C=O) groups excluding carboxylic acids is 2. The predicted octanol–water partition coefficient (Wildman–Crippen LogP) is 3.74. The third-order valence-corrected chi connectivity index (χ3v) is 4.94. The van der Waals surface area contributed by atoms with Crippen molar-refractivity contribution >= 4 is 23.1 Å². The Morgan fingerprint density at radius 2 is 1.52 bits per heavy atom. The normalized spacial score (nSPS) is 17.9. The molecule has 0 atom stereocenters. The van der Waals surface area contributed by atoms with Crippen LogP contribution in [0.25, 0.3) is 5.57 Å². The van der Waals surface area contributed by atoms with E-state index in [0.29, 0.717) is 30.4 Å². The standard InChI is InChI=1S/C21H18F2N2O2/c22-15-9-10-17(16(23)13-15)25-20(26)18(14-7-3-1-4-8-14)19(21(25)27)24-11-5-2-6-12-24/h1,3-4,7-10,13H,2,5-6,11-12H2. The molecule has 4 rings (SSSR count). The molecule has 27 heavy (non-hydrogen) atoms. The highest BCUT2D eigenvalue weighted by atomic mass is 19.1. The first-order valence-electron chi connectivity index (χ1n) is 8.96. The highest BCUT2D eigenvalue weighted by Crippen LogP contribution is 2.36. The van der Waals surface area contributed by atoms with Crippen LogP contribution < -0.4 is 4.90 Å². The number of carbonyl (C=O) groups is 2. The zero-order chi connectivity index (χ0) is 19.0. The van der Waals surface area contributed by atoms with E-state index in [0.717, 1.165) is 36.3 Å². The minimum Gasteiger partial charge on any atom is -0.366 e. The Labute approximate surface area is 155 Å². The average molecular weight is 368 g/mol. The first-order chi connectivity index (χ1) is 13.1. The third kappa shape index (κ3) is 3.01. The van der Waals surface area contributed by atoms with Crippen molar-refractivity contribution in [2.24, 2.45) is 0 Å². The smallest absolute Gasteiger partial charge is 0.282 e. The number of benzene rings is 2. The minimum atomic E-state index is -0.941. The molecule has 2 aromatic carbocycles. The quantitative estimate of drug-likeness (QED) is 0.775. The molecule has 138 valence electrons. The fourth-order valence-corrected chi connectivity index (χ4v) is 3.68. The molecule has 6 heteroatoms. The van der Waals surface area contributed by atoms with Crippen molar-refractivity contribution in [3.63, 3.8) is 0 Å². The van der Waals surface area contributed by atoms with E-state index < -0.39 is 23.4 Å². The van der Waals surface area contributed by atoms with Gasteiger partial charge in [0.15, 0.2) is 0 Å². The maximum absolute atomic E-state index is 14.3. The fourth-order valence-electron chi connectivity index (χ4n) is 3.68. The molecule has 0 N–H and O–H groups in total. The molecule has 1 fully saturated rings. The van der Waals surface area contributed by atoms with E-state index in [1.54, 1.807) is 24.3 Å². The number of hydrogen-bond acceptors (Lipinski definition) is 3. The summed E-state index contributed by atoms with van der Waals surface area (Å²) in [5.74, 6) is -2.85. The number of amides is 2. The van der Waals surface area contributed by atoms with E-state index in [-0.39, 0.29) is 11.3 Å². The SMILES string of the molecule is O=C1C(c2ccccc2)=C(N2CCCCC2)C(=O)N1c1ccc(F)cc1F. The van der Waals surface area contributed by atoms with Gasteiger partial charge in [0.2, 0.25) is 0 Å². The van der Waals surface area contributed by atoms with Gasteiger partial charge in [-0.05, 0) is 37.0 Å². The van der Waals surface area contributed by atoms with Crippen molar-refractivity contribution < 1.29 is 18.4 Å². The van der Waals surface area contributed by atoms with Gasteiger partial charge in [0.1, 0.15) is 17.3 Å². The van der Waals surface area contributed by atoms with Crippen LogP contribution in [-0.4, -0.2) is 29.8 Å². The van der Waals surface area contributed by atoms with Crippen molar-refractivity contribution in [2.45, 2.75) is 19.3 Å². The van der Waals surface area contributed by atoms with Gasteiger partial charge in [-0.2, -0.15) is 0 Å². The third-order valence-electron chi connectivity index (χ3n) is 4.94. The molecule has 2 aliphatic rings. The Morgan fingerprint density at radius 1 is 0.815 bits per heavy atom. The number of hydrogen-bond donors (Lipinski definition) is 0. The molecule has 0 radical (unpaired) electrons. The lowest BCUT2D eigenvalue weighted by molar-refractivity contribution is -0.120. The zero-order valence-corrected chi connectivity index (χ0v) is 14.6. The van der Waals surface area contributed by atoms with Crippen molar-refractivity contribution in [1.29, 1.82) is 0 Å². The summed E-state index contributed by atoms with van der Waals surface area (Å²) >= 11 is 0. The van der Waals surface area contributed by atoms with Gasteiger partial charge in [0.05, 0.1) is 11.3 Å². The maximum atomic E-state index is 14.3. The minimum absolute atomic E-state index is 0.230. The summed E-state index contributed by atoms with van der Waals surface area (Å²) in [4.78, 5) is 29.1. The predicted molar refractivity (Wildman–Crippen MR) is 97.6 cm³/mol. The Hall–Kier alpha value is -3.02. The molecule has 2 aromatic rings. The number of halogens is 2. The lowest BCUT2D eigenvalue weighted by atomic mass is 10.0. The van der Waals surface area contributed by atoms with Crippen molar-refractivity contribution in [3.05, 3.63) is 71.4 Å². The zero-order valence-electron chi connectivity index (χ0n) is 14.6. The molecule has 2 heterocycles. The van der Waals surface area contributed by atoms with Gasteiger partial charge in [-0.15, -0.1) is 0 Å². The molecular weight excluding hydrogens is 350 g/mol. The molecule has 0 unspecified atom stereocenters. The van der Waals surface area contributed by atoms with Crippen LogP contribution in [0.2, 0.25) is 0 Å². The van der Waals surface area contributed by atoms with E-state index in [1.807, 2.05) is 11.0 Å². The van der Waals surface area contributed by atoms with Crippen molar-refractivity contribution in [1.82, 2.24) is 4.90 Å². The number of anilines is 1. The van der Waals surface area contributed by atoms with Crippen LogP contribution in [0.15, 0.2) is 54.2 Å². The highest BCUT2D eigenvalue weighted by Gasteiger charge is 2.43. The Bertz CT molecular complexity index is 934. The topological polar surface area (TPSA) is 40.6 Å². The highest BCUT2D eigenvalue weighted by molar-refractivity contribution is 6.45. The van der Waals surface area contributed by atoms with Crippen LogP contribution >= 0.6 is 0 Å². The summed E-state index contributed by atoms with van der Waals surface area (Å²) in [5, 5.41) is 0. The van der Waals surface area contributed by atoms with Gasteiger partial charge in [0, 0.05) is 19.2 Å². The largest absolute Gasteiger partial charge is 0.366 e. The van der Waals surface area contributed by atoms with E-state index in [1.165, 1.54) is 0 Å². The number of nitrogens with zero attached hydrogens (tertiary/aromatic N) is 2. The first kappa shape index (κ1) is 17.4. The van der Waals surface area contributed by atoms with Gasteiger partial charge >= 0.3 is 0 Å². The van der Waals surface area contributed by atoms with Crippen LogP contribution in [0.1, 0.15) is 24.8 Å². The molecule has 2 aliphatic heterocycles. The molecule has 0 aliphatic carbocycles. The van der Waals surface area contributed by atoms with Crippen LogP contribution in [0.3, 0.4) is 0 Å². The van der Waals surface area contributed by atoms with Gasteiger partial charge in [-0.1, -0.05) is 30.3 Å². The molecule has 0 spiro atoms. The molecule has 0 bridgehead atoms. The lowest BCUT2D eigenvalue weighted by Gasteiger charge is -2.29. The van der Waals surface area contributed by atoms with Gasteiger partial charge in [0.25, 0.3) is 11.8 Å². The number of piperidine rings is 1. The second kappa shape index (κ2) is 6.95. The van der Waals surface area contributed by atoms with Crippen LogP contribution in [0.4, 0.5) is 14.5 Å². The number of imide groups is 1. The number of rotatable bonds is 3. The van der Waals surface area contributed by atoms with Crippen LogP contribution in [-0.2, 0) is 9.59 Å².